The molecule has 1 amide bonds. The van der Waals surface area contributed by atoms with Gasteiger partial charge >= 0.3 is 5.69 Å². The number of fused-ring (bicyclic) bond motifs is 3. The molecule has 1 aromatic carbocycles. The van der Waals surface area contributed by atoms with E-state index in [2.05, 4.69) is 4.98 Å². The Morgan fingerprint density at radius 1 is 0.926 bits per heavy atom. The van der Waals surface area contributed by atoms with Gasteiger partial charge in [-0.15, -0.1) is 0 Å². The van der Waals surface area contributed by atoms with E-state index in [1.807, 2.05) is 30.3 Å². The first-order valence-corrected chi connectivity index (χ1v) is 8.46. The zero-order valence-electron chi connectivity index (χ0n) is 14.9. The first-order valence-electron chi connectivity index (χ1n) is 8.46. The summed E-state index contributed by atoms with van der Waals surface area (Å²) in [5, 5.41) is 0. The van der Waals surface area contributed by atoms with Crippen LogP contribution >= 0.6 is 0 Å². The Balaban J connectivity index is 2.02. The van der Waals surface area contributed by atoms with Crippen LogP contribution < -0.4 is 16.1 Å². The molecule has 3 heterocycles. The monoisotopic (exact) mass is 367 g/mol. The van der Waals surface area contributed by atoms with Gasteiger partial charge in [-0.2, -0.15) is 4.98 Å². The number of anilines is 1. The Bertz CT molecular complexity index is 1200. The molecule has 0 fully saturated rings. The van der Waals surface area contributed by atoms with Crippen LogP contribution in [0.15, 0.2) is 39.9 Å². The van der Waals surface area contributed by atoms with Crippen molar-refractivity contribution < 1.29 is 9.59 Å². The molecule has 1 aliphatic heterocycles. The van der Waals surface area contributed by atoms with Crippen molar-refractivity contribution in [3.8, 4) is 0 Å². The molecule has 1 aliphatic rings. The molecule has 0 aliphatic carbocycles. The Morgan fingerprint density at radius 2 is 1.59 bits per heavy atom. The van der Waals surface area contributed by atoms with Crippen LogP contribution in [-0.2, 0) is 25.4 Å². The summed E-state index contributed by atoms with van der Waals surface area (Å²) in [7, 11) is 2.82. The van der Waals surface area contributed by atoms with Gasteiger partial charge in [0, 0.05) is 26.9 Å². The van der Waals surface area contributed by atoms with Gasteiger partial charge in [-0.25, -0.2) is 9.36 Å². The van der Waals surface area contributed by atoms with E-state index in [1.54, 1.807) is 0 Å². The molecule has 3 aromatic rings. The van der Waals surface area contributed by atoms with Crippen molar-refractivity contribution in [3.05, 3.63) is 56.7 Å². The summed E-state index contributed by atoms with van der Waals surface area (Å²) in [6.07, 6.45) is -0.00280. The lowest BCUT2D eigenvalue weighted by atomic mass is 10.2. The van der Waals surface area contributed by atoms with Crippen molar-refractivity contribution >= 4 is 28.9 Å². The number of carbonyl (C=O) groups is 2. The number of aromatic nitrogens is 4. The molecule has 0 saturated carbocycles. The fourth-order valence-corrected chi connectivity index (χ4v) is 3.30. The molecule has 0 radical (unpaired) electrons. The van der Waals surface area contributed by atoms with Crippen molar-refractivity contribution in [3.63, 3.8) is 0 Å². The van der Waals surface area contributed by atoms with E-state index in [0.717, 1.165) is 10.1 Å². The van der Waals surface area contributed by atoms with Gasteiger partial charge < -0.3 is 0 Å². The lowest BCUT2D eigenvalue weighted by Crippen LogP contribution is -2.38. The van der Waals surface area contributed by atoms with Crippen LogP contribution in [0.1, 0.15) is 23.2 Å². The Labute approximate surface area is 153 Å². The lowest BCUT2D eigenvalue weighted by Gasteiger charge is -2.19. The summed E-state index contributed by atoms with van der Waals surface area (Å²) < 4.78 is 3.31. The highest BCUT2D eigenvalue weighted by Crippen LogP contribution is 2.26. The summed E-state index contributed by atoms with van der Waals surface area (Å²) in [4.78, 5) is 56.0. The minimum atomic E-state index is -0.616. The van der Waals surface area contributed by atoms with Crippen molar-refractivity contribution in [2.45, 2.75) is 19.4 Å². The molecule has 0 N–H and O–H groups in total. The highest BCUT2D eigenvalue weighted by molar-refractivity contribution is 6.03. The van der Waals surface area contributed by atoms with Crippen molar-refractivity contribution in [1.29, 1.82) is 0 Å². The number of carbonyl (C=O) groups excluding carboxylic acids is 2. The normalized spacial score (nSPS) is 14.5. The minimum absolute atomic E-state index is 0.00682. The molecule has 138 valence electrons. The summed E-state index contributed by atoms with van der Waals surface area (Å²) in [5.41, 5.74) is -0.212. The Hall–Kier alpha value is -3.49. The third-order valence-electron chi connectivity index (χ3n) is 4.77. The first kappa shape index (κ1) is 17.0. The molecule has 0 saturated heterocycles. The minimum Gasteiger partial charge on any atom is -0.279 e. The smallest absolute Gasteiger partial charge is 0.279 e. The summed E-state index contributed by atoms with van der Waals surface area (Å²) >= 11 is 0. The molecular formula is C18H17N5O4. The van der Waals surface area contributed by atoms with E-state index >= 15 is 0 Å². The van der Waals surface area contributed by atoms with Gasteiger partial charge in [0.1, 0.15) is 0 Å². The number of nitrogens with zero attached hydrogens (tertiary/aromatic N) is 5. The zero-order valence-corrected chi connectivity index (χ0v) is 14.9. The molecule has 0 unspecified atom stereocenters. The predicted molar refractivity (Wildman–Crippen MR) is 97.7 cm³/mol. The Kier molecular flexibility index (Phi) is 3.79. The van der Waals surface area contributed by atoms with Crippen LogP contribution in [0.2, 0.25) is 0 Å². The molecule has 0 atom stereocenters. The third-order valence-corrected chi connectivity index (χ3v) is 4.77. The molecule has 27 heavy (non-hydrogen) atoms. The first-order chi connectivity index (χ1) is 12.9. The number of hydrogen-bond acceptors (Lipinski definition) is 5. The maximum absolute atomic E-state index is 12.7. The van der Waals surface area contributed by atoms with Gasteiger partial charge in [-0.05, 0) is 5.56 Å². The van der Waals surface area contributed by atoms with Crippen LogP contribution in [0, 0.1) is 0 Å². The largest absolute Gasteiger partial charge is 0.332 e. The van der Waals surface area contributed by atoms with E-state index in [0.29, 0.717) is 0 Å². The fourth-order valence-electron chi connectivity index (χ4n) is 3.30. The zero-order chi connectivity index (χ0) is 19.3. The standard InChI is InChI=1S/C18H17N5O4/c1-20-15-14(16(26)21(2)18(20)27)23-13(25)9-8-12(24)22(17(23)19-15)10-11-6-4-3-5-7-11/h3-7H,8-10H2,1-2H3. The van der Waals surface area contributed by atoms with Gasteiger partial charge in [0.25, 0.3) is 5.56 Å². The summed E-state index contributed by atoms with van der Waals surface area (Å²) in [5.74, 6) is -0.588. The number of hydrogen-bond donors (Lipinski definition) is 0. The van der Waals surface area contributed by atoms with E-state index in [-0.39, 0.29) is 42.4 Å². The van der Waals surface area contributed by atoms with Crippen molar-refractivity contribution in [2.75, 3.05) is 4.90 Å². The predicted octanol–water partition coefficient (Wildman–Crippen LogP) is 0.401. The SMILES string of the molecule is Cn1c(=O)c2c(nc3n2C(=O)CCC(=O)N3Cc2ccccc2)n(C)c1=O. The lowest BCUT2D eigenvalue weighted by molar-refractivity contribution is -0.118. The van der Waals surface area contributed by atoms with Gasteiger partial charge in [0.2, 0.25) is 17.8 Å². The highest BCUT2D eigenvalue weighted by atomic mass is 16.2. The maximum Gasteiger partial charge on any atom is 0.332 e. The number of aryl methyl sites for hydroxylation is 1. The average Bonchev–Trinajstić information content (AvgIpc) is 3.03. The second-order valence-corrected chi connectivity index (χ2v) is 6.48. The van der Waals surface area contributed by atoms with Crippen molar-refractivity contribution in [1.82, 2.24) is 18.7 Å². The molecule has 9 nitrogen and oxygen atoms in total. The quantitative estimate of drug-likeness (QED) is 0.653. The van der Waals surface area contributed by atoms with Crippen LogP contribution in [-0.4, -0.2) is 30.5 Å². The van der Waals surface area contributed by atoms with E-state index < -0.39 is 17.2 Å². The van der Waals surface area contributed by atoms with Gasteiger partial charge in [-0.1, -0.05) is 30.3 Å². The summed E-state index contributed by atoms with van der Waals surface area (Å²) in [6.45, 7) is 0.213. The van der Waals surface area contributed by atoms with E-state index in [1.165, 1.54) is 28.1 Å². The highest BCUT2D eigenvalue weighted by Gasteiger charge is 2.32. The topological polar surface area (TPSA) is 99.2 Å². The number of amides is 1. The van der Waals surface area contributed by atoms with Gasteiger partial charge in [0.05, 0.1) is 6.54 Å². The fraction of sp³-hybridized carbons (Fsp3) is 0.278. The molecular weight excluding hydrogens is 350 g/mol. The molecule has 4 rings (SSSR count). The average molecular weight is 367 g/mol. The van der Waals surface area contributed by atoms with Gasteiger partial charge in [-0.3, -0.25) is 28.4 Å². The second kappa shape index (κ2) is 6.04. The van der Waals surface area contributed by atoms with Crippen LogP contribution in [0.4, 0.5) is 5.95 Å². The maximum atomic E-state index is 12.7. The van der Waals surface area contributed by atoms with Crippen molar-refractivity contribution in [2.24, 2.45) is 14.1 Å². The molecule has 0 spiro atoms. The summed E-state index contributed by atoms with van der Waals surface area (Å²) in [6, 6.07) is 9.30. The van der Waals surface area contributed by atoms with E-state index in [9.17, 15) is 19.2 Å². The molecule has 2 aromatic heterocycles. The van der Waals surface area contributed by atoms with E-state index in [4.69, 9.17) is 0 Å². The number of benzene rings is 1. The van der Waals surface area contributed by atoms with Crippen LogP contribution in [0.25, 0.3) is 11.2 Å². The van der Waals surface area contributed by atoms with Crippen LogP contribution in [0.3, 0.4) is 0 Å². The molecule has 9 heteroatoms. The number of rotatable bonds is 2. The molecule has 0 bridgehead atoms. The van der Waals surface area contributed by atoms with Gasteiger partial charge in [0.15, 0.2) is 11.2 Å². The third kappa shape index (κ3) is 2.50. The van der Waals surface area contributed by atoms with Crippen LogP contribution in [0.5, 0.6) is 0 Å². The number of imidazole rings is 1. The second-order valence-electron chi connectivity index (χ2n) is 6.48. The Morgan fingerprint density at radius 3 is 2.30 bits per heavy atom.